The molecule has 0 aliphatic heterocycles. The molecule has 3 rings (SSSR count). The van der Waals surface area contributed by atoms with Gasteiger partial charge in [-0.25, -0.2) is 4.98 Å². The van der Waals surface area contributed by atoms with Gasteiger partial charge in [-0.1, -0.05) is 5.16 Å². The van der Waals surface area contributed by atoms with Crippen LogP contribution in [0.4, 0.5) is 13.2 Å². The van der Waals surface area contributed by atoms with E-state index in [4.69, 9.17) is 14.0 Å². The summed E-state index contributed by atoms with van der Waals surface area (Å²) in [4.78, 5) is 11.0. The van der Waals surface area contributed by atoms with Gasteiger partial charge in [-0.15, -0.1) is 0 Å². The van der Waals surface area contributed by atoms with Crippen molar-refractivity contribution in [2.24, 2.45) is 0 Å². The fourth-order valence-corrected chi connectivity index (χ4v) is 1.80. The van der Waals surface area contributed by atoms with Crippen LogP contribution < -0.4 is 9.47 Å². The van der Waals surface area contributed by atoms with Crippen LogP contribution >= 0.6 is 0 Å². The molecule has 2 aromatic heterocycles. The van der Waals surface area contributed by atoms with Gasteiger partial charge in [0.25, 0.3) is 5.89 Å². The molecule has 0 atom stereocenters. The van der Waals surface area contributed by atoms with Crippen molar-refractivity contribution in [3.63, 3.8) is 0 Å². The van der Waals surface area contributed by atoms with E-state index in [0.717, 1.165) is 12.3 Å². The van der Waals surface area contributed by atoms with Crippen LogP contribution in [0.25, 0.3) is 0 Å². The van der Waals surface area contributed by atoms with Crippen molar-refractivity contribution in [3.8, 4) is 17.5 Å². The van der Waals surface area contributed by atoms with Crippen molar-refractivity contribution in [3.05, 3.63) is 53.9 Å². The number of nitrogens with zero attached hydrogens (tertiary/aromatic N) is 4. The number of hydrogen-bond donors (Lipinski definition) is 0. The maximum absolute atomic E-state index is 12.6. The first-order chi connectivity index (χ1) is 11.9. The van der Waals surface area contributed by atoms with Crippen molar-refractivity contribution in [2.75, 3.05) is 0 Å². The first-order valence-electron chi connectivity index (χ1n) is 7.00. The van der Waals surface area contributed by atoms with Gasteiger partial charge in [-0.2, -0.15) is 23.1 Å². The Balaban J connectivity index is 1.62. The van der Waals surface area contributed by atoms with Crippen LogP contribution in [0.5, 0.6) is 17.5 Å². The van der Waals surface area contributed by atoms with Crippen LogP contribution in [-0.4, -0.2) is 20.1 Å². The summed E-state index contributed by atoms with van der Waals surface area (Å²) in [7, 11) is 0. The largest absolute Gasteiger partial charge is 0.484 e. The van der Waals surface area contributed by atoms with E-state index in [-0.39, 0.29) is 12.4 Å². The molecule has 10 heteroatoms. The number of ether oxygens (including phenoxy) is 2. The van der Waals surface area contributed by atoms with Crippen molar-refractivity contribution < 1.29 is 27.2 Å². The first-order valence-corrected chi connectivity index (χ1v) is 7.00. The summed E-state index contributed by atoms with van der Waals surface area (Å²) in [6, 6.07) is 6.54. The van der Waals surface area contributed by atoms with E-state index in [2.05, 4.69) is 20.1 Å². The third-order valence-electron chi connectivity index (χ3n) is 2.89. The van der Waals surface area contributed by atoms with Gasteiger partial charge in [0.05, 0.1) is 0 Å². The Kier molecular flexibility index (Phi) is 4.50. The fraction of sp³-hybridized carbons (Fsp3) is 0.200. The van der Waals surface area contributed by atoms with E-state index in [1.54, 1.807) is 19.1 Å². The van der Waals surface area contributed by atoms with Gasteiger partial charge in [0.15, 0.2) is 18.1 Å². The molecule has 0 aliphatic carbocycles. The lowest BCUT2D eigenvalue weighted by molar-refractivity contribution is -0.141. The summed E-state index contributed by atoms with van der Waals surface area (Å²) in [5.41, 5.74) is -1.08. The fourth-order valence-electron chi connectivity index (χ4n) is 1.80. The molecular formula is C15H11F3N4O3. The number of aryl methyl sites for hydroxylation is 1. The molecule has 0 aliphatic rings. The summed E-state index contributed by atoms with van der Waals surface area (Å²) >= 11 is 0. The summed E-state index contributed by atoms with van der Waals surface area (Å²) in [6.45, 7) is 1.78. The second-order valence-electron chi connectivity index (χ2n) is 4.82. The molecule has 0 amide bonds. The van der Waals surface area contributed by atoms with E-state index in [1.807, 2.05) is 0 Å². The van der Waals surface area contributed by atoms with E-state index in [0.29, 0.717) is 17.5 Å². The van der Waals surface area contributed by atoms with Crippen LogP contribution in [0.2, 0.25) is 0 Å². The summed E-state index contributed by atoms with van der Waals surface area (Å²) in [5, 5.41) is 3.63. The van der Waals surface area contributed by atoms with E-state index >= 15 is 0 Å². The zero-order valence-electron chi connectivity index (χ0n) is 12.8. The van der Waals surface area contributed by atoms with Crippen LogP contribution in [0.3, 0.4) is 0 Å². The first kappa shape index (κ1) is 16.7. The zero-order chi connectivity index (χ0) is 17.9. The molecule has 1 aromatic carbocycles. The number of aromatic nitrogens is 4. The quantitative estimate of drug-likeness (QED) is 0.694. The van der Waals surface area contributed by atoms with Crippen LogP contribution in [0.1, 0.15) is 17.4 Å². The molecule has 0 saturated heterocycles. The lowest BCUT2D eigenvalue weighted by atomic mass is 10.3. The number of alkyl halides is 3. The second kappa shape index (κ2) is 6.75. The normalized spacial score (nSPS) is 11.4. The van der Waals surface area contributed by atoms with E-state index in [1.165, 1.54) is 12.1 Å². The predicted octanol–water partition coefficient (Wildman–Crippen LogP) is 3.56. The van der Waals surface area contributed by atoms with Gasteiger partial charge in [-0.05, 0) is 37.3 Å². The smallest absolute Gasteiger partial charge is 0.433 e. The van der Waals surface area contributed by atoms with Gasteiger partial charge in [0.2, 0.25) is 0 Å². The molecule has 25 heavy (non-hydrogen) atoms. The average Bonchev–Trinajstić information content (AvgIpc) is 2.99. The molecule has 0 unspecified atom stereocenters. The SMILES string of the molecule is Cc1noc(COc2ccc(Oc3nccc(C(F)(F)F)n3)cc2)n1. The minimum absolute atomic E-state index is 0.0950. The summed E-state index contributed by atoms with van der Waals surface area (Å²) in [5.74, 6) is 1.59. The molecular weight excluding hydrogens is 341 g/mol. The van der Waals surface area contributed by atoms with Gasteiger partial charge in [-0.3, -0.25) is 0 Å². The van der Waals surface area contributed by atoms with Crippen molar-refractivity contribution in [1.29, 1.82) is 0 Å². The third kappa shape index (κ3) is 4.43. The number of rotatable bonds is 5. The zero-order valence-corrected chi connectivity index (χ0v) is 12.8. The maximum Gasteiger partial charge on any atom is 0.433 e. The maximum atomic E-state index is 12.6. The summed E-state index contributed by atoms with van der Waals surface area (Å²) < 4.78 is 53.4. The van der Waals surface area contributed by atoms with Crippen molar-refractivity contribution >= 4 is 0 Å². The molecule has 0 spiro atoms. The van der Waals surface area contributed by atoms with Crippen molar-refractivity contribution in [2.45, 2.75) is 19.7 Å². The Bertz CT molecular complexity index is 850. The minimum Gasteiger partial charge on any atom is -0.484 e. The van der Waals surface area contributed by atoms with Crippen LogP contribution in [-0.2, 0) is 12.8 Å². The molecule has 7 nitrogen and oxygen atoms in total. The molecule has 0 N–H and O–H groups in total. The Morgan fingerprint density at radius 1 is 1.04 bits per heavy atom. The van der Waals surface area contributed by atoms with Crippen molar-refractivity contribution in [1.82, 2.24) is 20.1 Å². The standard InChI is InChI=1S/C15H11F3N4O3/c1-9-20-13(25-22-9)8-23-10-2-4-11(5-3-10)24-14-19-7-6-12(21-14)15(16,17)18/h2-7H,8H2,1H3. The summed E-state index contributed by atoms with van der Waals surface area (Å²) in [6.07, 6.45) is -3.58. The molecule has 0 radical (unpaired) electrons. The van der Waals surface area contributed by atoms with Crippen LogP contribution in [0.15, 0.2) is 41.1 Å². The van der Waals surface area contributed by atoms with Gasteiger partial charge < -0.3 is 14.0 Å². The Hall–Kier alpha value is -3.17. The Labute approximate surface area is 139 Å². The Morgan fingerprint density at radius 2 is 1.76 bits per heavy atom. The predicted molar refractivity (Wildman–Crippen MR) is 76.9 cm³/mol. The third-order valence-corrected chi connectivity index (χ3v) is 2.89. The second-order valence-corrected chi connectivity index (χ2v) is 4.82. The highest BCUT2D eigenvalue weighted by Gasteiger charge is 2.33. The Morgan fingerprint density at radius 3 is 2.40 bits per heavy atom. The minimum atomic E-state index is -4.56. The molecule has 130 valence electrons. The monoisotopic (exact) mass is 352 g/mol. The van der Waals surface area contributed by atoms with Crippen LogP contribution in [0, 0.1) is 6.92 Å². The molecule has 0 bridgehead atoms. The number of benzene rings is 1. The van der Waals surface area contributed by atoms with E-state index in [9.17, 15) is 13.2 Å². The highest BCUT2D eigenvalue weighted by Crippen LogP contribution is 2.29. The van der Waals surface area contributed by atoms with E-state index < -0.39 is 17.9 Å². The molecule has 2 heterocycles. The number of hydrogen-bond acceptors (Lipinski definition) is 7. The topological polar surface area (TPSA) is 83.2 Å². The highest BCUT2D eigenvalue weighted by molar-refractivity contribution is 5.32. The highest BCUT2D eigenvalue weighted by atomic mass is 19.4. The van der Waals surface area contributed by atoms with Gasteiger partial charge in [0, 0.05) is 6.20 Å². The number of halogens is 3. The average molecular weight is 352 g/mol. The lowest BCUT2D eigenvalue weighted by Crippen LogP contribution is -2.08. The lowest BCUT2D eigenvalue weighted by Gasteiger charge is -2.08. The van der Waals surface area contributed by atoms with Gasteiger partial charge >= 0.3 is 12.2 Å². The molecule has 0 saturated carbocycles. The van der Waals surface area contributed by atoms with Gasteiger partial charge in [0.1, 0.15) is 11.5 Å². The molecule has 0 fully saturated rings. The molecule has 3 aromatic rings.